The number of fused-ring (bicyclic) bond motifs is 2. The Balaban J connectivity index is 1.25. The highest BCUT2D eigenvalue weighted by Gasteiger charge is 2.36. The van der Waals surface area contributed by atoms with Crippen LogP contribution in [0.25, 0.3) is 0 Å². The van der Waals surface area contributed by atoms with Crippen LogP contribution in [0.2, 0.25) is 0 Å². The van der Waals surface area contributed by atoms with Crippen LogP contribution >= 0.6 is 0 Å². The summed E-state index contributed by atoms with van der Waals surface area (Å²) in [6.45, 7) is 0.947. The van der Waals surface area contributed by atoms with Gasteiger partial charge < -0.3 is 14.4 Å². The number of carbonyl (C=O) groups is 3. The number of rotatable bonds is 6. The topological polar surface area (TPSA) is 76.2 Å². The van der Waals surface area contributed by atoms with Crippen molar-refractivity contribution >= 4 is 17.7 Å². The van der Waals surface area contributed by atoms with Gasteiger partial charge in [-0.1, -0.05) is 42.5 Å². The number of amides is 3. The van der Waals surface area contributed by atoms with Gasteiger partial charge in [0.15, 0.2) is 17.6 Å². The summed E-state index contributed by atoms with van der Waals surface area (Å²) < 4.78 is 11.7. The van der Waals surface area contributed by atoms with Gasteiger partial charge in [0.05, 0.1) is 17.7 Å². The highest BCUT2D eigenvalue weighted by molar-refractivity contribution is 6.22. The molecule has 3 aromatic carbocycles. The predicted molar refractivity (Wildman–Crippen MR) is 125 cm³/mol. The molecule has 0 fully saturated rings. The van der Waals surface area contributed by atoms with Gasteiger partial charge in [-0.3, -0.25) is 19.3 Å². The second-order valence-corrected chi connectivity index (χ2v) is 8.44. The third-order valence-corrected chi connectivity index (χ3v) is 6.08. The van der Waals surface area contributed by atoms with Crippen LogP contribution in [-0.4, -0.2) is 60.4 Å². The molecule has 0 aromatic heterocycles. The number of likely N-dealkylation sites (N-methyl/N-ethyl adjacent to an activating group) is 1. The molecule has 5 rings (SSSR count). The molecular weight excluding hydrogens is 432 g/mol. The largest absolute Gasteiger partial charge is 0.486 e. The third-order valence-electron chi connectivity index (χ3n) is 6.08. The van der Waals surface area contributed by atoms with Gasteiger partial charge in [-0.25, -0.2) is 0 Å². The van der Waals surface area contributed by atoms with Gasteiger partial charge in [0.2, 0.25) is 0 Å². The van der Waals surface area contributed by atoms with E-state index in [0.717, 1.165) is 5.56 Å². The van der Waals surface area contributed by atoms with Crippen molar-refractivity contribution in [3.05, 3.63) is 95.1 Å². The second-order valence-electron chi connectivity index (χ2n) is 8.44. The molecule has 7 heteroatoms. The summed E-state index contributed by atoms with van der Waals surface area (Å²) in [6, 6.07) is 21.8. The maximum atomic E-state index is 13.1. The van der Waals surface area contributed by atoms with Crippen LogP contribution in [0.3, 0.4) is 0 Å². The summed E-state index contributed by atoms with van der Waals surface area (Å²) in [4.78, 5) is 41.6. The van der Waals surface area contributed by atoms with E-state index >= 15 is 0 Å². The van der Waals surface area contributed by atoms with E-state index < -0.39 is 0 Å². The first-order valence-electron chi connectivity index (χ1n) is 11.2. The molecule has 1 atom stereocenters. The van der Waals surface area contributed by atoms with E-state index in [2.05, 4.69) is 0 Å². The summed E-state index contributed by atoms with van der Waals surface area (Å²) in [7, 11) is 1.68. The lowest BCUT2D eigenvalue weighted by atomic mass is 10.0. The van der Waals surface area contributed by atoms with Crippen molar-refractivity contribution in [3.8, 4) is 11.5 Å². The van der Waals surface area contributed by atoms with Crippen molar-refractivity contribution in [2.75, 3.05) is 26.7 Å². The molecule has 1 unspecified atom stereocenters. The Morgan fingerprint density at radius 3 is 2.44 bits per heavy atom. The third kappa shape index (κ3) is 4.12. The number of hydrogen-bond acceptors (Lipinski definition) is 5. The smallest absolute Gasteiger partial charge is 0.261 e. The van der Waals surface area contributed by atoms with E-state index in [-0.39, 0.29) is 29.4 Å². The highest BCUT2D eigenvalue weighted by atomic mass is 16.6. The number of carbonyl (C=O) groups excluding carboxylic acids is 3. The van der Waals surface area contributed by atoms with Crippen molar-refractivity contribution in [3.63, 3.8) is 0 Å². The van der Waals surface area contributed by atoms with E-state index in [4.69, 9.17) is 9.47 Å². The first kappa shape index (κ1) is 21.7. The van der Waals surface area contributed by atoms with Gasteiger partial charge >= 0.3 is 0 Å². The summed E-state index contributed by atoms with van der Waals surface area (Å²) in [5, 5.41) is 0. The van der Waals surface area contributed by atoms with Gasteiger partial charge in [-0.2, -0.15) is 0 Å². The van der Waals surface area contributed by atoms with Crippen LogP contribution in [0.15, 0.2) is 72.8 Å². The van der Waals surface area contributed by atoms with E-state index in [0.29, 0.717) is 48.7 Å². The normalized spacial score (nSPS) is 16.4. The average molecular weight is 456 g/mol. The number of hydrogen-bond donors (Lipinski definition) is 0. The molecule has 0 radical (unpaired) electrons. The van der Waals surface area contributed by atoms with Crippen LogP contribution in [0.1, 0.15) is 36.6 Å². The molecule has 3 amide bonds. The molecule has 172 valence electrons. The summed E-state index contributed by atoms with van der Waals surface area (Å²) in [6.07, 6.45) is 0.267. The second kappa shape index (κ2) is 9.02. The van der Waals surface area contributed by atoms with Crippen molar-refractivity contribution in [2.24, 2.45) is 0 Å². The summed E-state index contributed by atoms with van der Waals surface area (Å²) >= 11 is 0. The molecule has 0 aliphatic carbocycles. The van der Waals surface area contributed by atoms with E-state index in [9.17, 15) is 14.4 Å². The van der Waals surface area contributed by atoms with E-state index in [1.54, 1.807) is 19.2 Å². The molecule has 0 saturated heterocycles. The SMILES string of the molecule is CN(CC1COc2ccccc2O1)C(=O)c1ccc2c(c1)C(=O)N(CCc1ccccc1)C2=O. The van der Waals surface area contributed by atoms with Crippen molar-refractivity contribution in [1.82, 2.24) is 9.80 Å². The highest BCUT2D eigenvalue weighted by Crippen LogP contribution is 2.31. The van der Waals surface area contributed by atoms with Crippen molar-refractivity contribution in [2.45, 2.75) is 12.5 Å². The minimum absolute atomic E-state index is 0.256. The van der Waals surface area contributed by atoms with Crippen LogP contribution < -0.4 is 9.47 Å². The molecule has 2 heterocycles. The average Bonchev–Trinajstić information content (AvgIpc) is 3.11. The number of benzene rings is 3. The zero-order valence-corrected chi connectivity index (χ0v) is 18.8. The zero-order chi connectivity index (χ0) is 23.7. The van der Waals surface area contributed by atoms with Crippen LogP contribution in [0.4, 0.5) is 0 Å². The molecule has 3 aromatic rings. The Morgan fingerprint density at radius 2 is 1.65 bits per heavy atom. The molecule has 2 aliphatic heterocycles. The zero-order valence-electron chi connectivity index (χ0n) is 18.8. The Hall–Kier alpha value is -4.13. The molecule has 7 nitrogen and oxygen atoms in total. The quantitative estimate of drug-likeness (QED) is 0.531. The lowest BCUT2D eigenvalue weighted by molar-refractivity contribution is 0.0521. The molecular formula is C27H24N2O5. The minimum atomic E-state index is -0.367. The Bertz CT molecular complexity index is 1260. The molecule has 2 aliphatic rings. The lowest BCUT2D eigenvalue weighted by Gasteiger charge is -2.29. The number of imide groups is 1. The number of para-hydroxylation sites is 2. The van der Waals surface area contributed by atoms with Crippen molar-refractivity contribution < 1.29 is 23.9 Å². The molecule has 0 saturated carbocycles. The van der Waals surface area contributed by atoms with E-state index in [1.165, 1.54) is 15.9 Å². The van der Waals surface area contributed by atoms with Crippen LogP contribution in [0, 0.1) is 0 Å². The fraction of sp³-hybridized carbons (Fsp3) is 0.222. The molecule has 0 spiro atoms. The maximum absolute atomic E-state index is 13.1. The Labute approximate surface area is 197 Å². The molecule has 0 bridgehead atoms. The standard InChI is InChI=1S/C27H24N2O5/c1-28(16-20-17-33-23-9-5-6-10-24(23)34-20)25(30)19-11-12-21-22(15-19)27(32)29(26(21)31)14-13-18-7-3-2-4-8-18/h2-12,15,20H,13-14,16-17H2,1H3. The monoisotopic (exact) mass is 456 g/mol. The van der Waals surface area contributed by atoms with Gasteiger partial charge in [0, 0.05) is 19.2 Å². The maximum Gasteiger partial charge on any atom is 0.261 e. The van der Waals surface area contributed by atoms with Crippen molar-refractivity contribution in [1.29, 1.82) is 0 Å². The summed E-state index contributed by atoms with van der Waals surface area (Å²) in [5.74, 6) is 0.389. The number of nitrogens with zero attached hydrogens (tertiary/aromatic N) is 2. The van der Waals surface area contributed by atoms with Gasteiger partial charge in [0.1, 0.15) is 6.61 Å². The fourth-order valence-corrected chi connectivity index (χ4v) is 4.27. The fourth-order valence-electron chi connectivity index (χ4n) is 4.27. The van der Waals surface area contributed by atoms with Crippen LogP contribution in [-0.2, 0) is 6.42 Å². The Morgan fingerprint density at radius 1 is 0.941 bits per heavy atom. The first-order valence-corrected chi connectivity index (χ1v) is 11.2. The molecule has 0 N–H and O–H groups in total. The minimum Gasteiger partial charge on any atom is -0.486 e. The van der Waals surface area contributed by atoms with Gasteiger partial charge in [0.25, 0.3) is 17.7 Å². The summed E-state index contributed by atoms with van der Waals surface area (Å²) in [5.41, 5.74) is 2.00. The van der Waals surface area contributed by atoms with E-state index in [1.807, 2.05) is 54.6 Å². The van der Waals surface area contributed by atoms with Gasteiger partial charge in [-0.05, 0) is 42.3 Å². The predicted octanol–water partition coefficient (Wildman–Crippen LogP) is 3.44. The number of ether oxygens (including phenoxy) is 2. The van der Waals surface area contributed by atoms with Crippen LogP contribution in [0.5, 0.6) is 11.5 Å². The van der Waals surface area contributed by atoms with Gasteiger partial charge in [-0.15, -0.1) is 0 Å². The molecule has 34 heavy (non-hydrogen) atoms. The lowest BCUT2D eigenvalue weighted by Crippen LogP contribution is -2.41. The first-order chi connectivity index (χ1) is 16.5. The Kier molecular flexibility index (Phi) is 5.76.